The molecule has 0 unspecified atom stereocenters. The highest BCUT2D eigenvalue weighted by atomic mass is 32.2. The molecule has 0 aliphatic carbocycles. The van der Waals surface area contributed by atoms with E-state index in [4.69, 9.17) is 28.9 Å². The number of ether oxygens (including phenoxy) is 5. The van der Waals surface area contributed by atoms with Crippen molar-refractivity contribution in [2.75, 3.05) is 12.4 Å². The molecule has 1 rings (SSSR count). The number of carbonyl (C=O) groups is 4. The average Bonchev–Trinajstić information content (AvgIpc) is 2.60. The Balaban J connectivity index is 3.35. The van der Waals surface area contributed by atoms with Gasteiger partial charge in [0, 0.05) is 39.9 Å². The van der Waals surface area contributed by atoms with E-state index >= 15 is 0 Å². The molecule has 29 heavy (non-hydrogen) atoms. The molecule has 11 nitrogen and oxygen atoms in total. The second-order valence-electron chi connectivity index (χ2n) is 6.06. The molecular weight excluding hydrogens is 410 g/mol. The first kappa shape index (κ1) is 24.5. The lowest BCUT2D eigenvalue weighted by Crippen LogP contribution is -2.63. The molecule has 1 aliphatic heterocycles. The third-order valence-electron chi connectivity index (χ3n) is 3.62. The lowest BCUT2D eigenvalue weighted by atomic mass is 9.99. The zero-order valence-electron chi connectivity index (χ0n) is 16.4. The van der Waals surface area contributed by atoms with Crippen LogP contribution in [0, 0.1) is 11.3 Å². The van der Waals surface area contributed by atoms with Crippen molar-refractivity contribution in [3.05, 3.63) is 0 Å². The summed E-state index contributed by atoms with van der Waals surface area (Å²) in [5.41, 5.74) is -1.32. The van der Waals surface area contributed by atoms with Gasteiger partial charge in [-0.15, -0.1) is 0 Å². The summed E-state index contributed by atoms with van der Waals surface area (Å²) >= 11 is 0. The number of hydrogen-bond acceptors (Lipinski definition) is 11. The van der Waals surface area contributed by atoms with E-state index in [0.717, 1.165) is 27.7 Å². The van der Waals surface area contributed by atoms with Crippen LogP contribution in [-0.4, -0.2) is 70.3 Å². The van der Waals surface area contributed by atoms with Crippen molar-refractivity contribution in [2.45, 2.75) is 64.0 Å². The molecular formula is C17H23NO10S. The summed E-state index contributed by atoms with van der Waals surface area (Å²) in [6, 6.07) is 1.84. The molecule has 162 valence electrons. The van der Waals surface area contributed by atoms with Crippen molar-refractivity contribution in [1.82, 2.24) is 0 Å². The fourth-order valence-corrected chi connectivity index (χ4v) is 3.96. The topological polar surface area (TPSA) is 155 Å². The number of nitriles is 1. The minimum absolute atomic E-state index is 0.0700. The van der Waals surface area contributed by atoms with Crippen LogP contribution < -0.4 is 0 Å². The molecule has 0 amide bonds. The van der Waals surface area contributed by atoms with E-state index in [-0.39, 0.29) is 12.2 Å². The highest BCUT2D eigenvalue weighted by Gasteiger charge is 2.53. The minimum atomic E-state index is -1.85. The van der Waals surface area contributed by atoms with Crippen molar-refractivity contribution in [3.63, 3.8) is 0 Å². The zero-order chi connectivity index (χ0) is 22.1. The summed E-state index contributed by atoms with van der Waals surface area (Å²) in [6.45, 7) is 4.03. The van der Waals surface area contributed by atoms with Gasteiger partial charge in [-0.1, -0.05) is 0 Å². The Labute approximate surface area is 170 Å². The van der Waals surface area contributed by atoms with E-state index in [9.17, 15) is 23.4 Å². The molecule has 0 N–H and O–H groups in total. The lowest BCUT2D eigenvalue weighted by Gasteiger charge is -2.43. The van der Waals surface area contributed by atoms with Crippen LogP contribution >= 0.6 is 0 Å². The molecule has 12 heteroatoms. The Kier molecular flexibility index (Phi) is 9.70. The minimum Gasteiger partial charge on any atom is -0.463 e. The summed E-state index contributed by atoms with van der Waals surface area (Å²) in [6.07, 6.45) is -5.28. The Bertz CT molecular complexity index is 703. The molecule has 0 bridgehead atoms. The second kappa shape index (κ2) is 11.5. The molecule has 0 spiro atoms. The highest BCUT2D eigenvalue weighted by Crippen LogP contribution is 2.31. The van der Waals surface area contributed by atoms with Crippen LogP contribution in [0.25, 0.3) is 0 Å². The Hall–Kier alpha value is -2.52. The molecule has 0 saturated carbocycles. The maximum absolute atomic E-state index is 12.7. The van der Waals surface area contributed by atoms with Gasteiger partial charge in [-0.3, -0.25) is 23.4 Å². The first-order chi connectivity index (χ1) is 13.6. The van der Waals surface area contributed by atoms with E-state index in [2.05, 4.69) is 0 Å². The monoisotopic (exact) mass is 433 g/mol. The maximum Gasteiger partial charge on any atom is 0.303 e. The van der Waals surface area contributed by atoms with Gasteiger partial charge < -0.3 is 23.7 Å². The molecule has 6 atom stereocenters. The molecule has 1 aliphatic rings. The third-order valence-corrected chi connectivity index (χ3v) is 5.13. The standard InChI is InChI=1S/C17H23NO10S/c1-9(19)24-8-13-14(25-10(2)20)15(26-11(3)21)16(27-12(4)22)17(28-13)29(23)7-5-6-18/h13-17H,5,7-8H2,1-4H3/t13-,14-,15+,16-,17+,29+/m1/s1. The van der Waals surface area contributed by atoms with Crippen molar-refractivity contribution in [2.24, 2.45) is 0 Å². The summed E-state index contributed by atoms with van der Waals surface area (Å²) in [5, 5.41) is 8.74. The molecule has 0 aromatic carbocycles. The van der Waals surface area contributed by atoms with Crippen molar-refractivity contribution in [1.29, 1.82) is 5.26 Å². The molecule has 1 fully saturated rings. The van der Waals surface area contributed by atoms with E-state index in [1.54, 1.807) is 0 Å². The molecule has 1 saturated heterocycles. The summed E-state index contributed by atoms with van der Waals surface area (Å²) in [7, 11) is -1.85. The average molecular weight is 433 g/mol. The van der Waals surface area contributed by atoms with Gasteiger partial charge in [0.1, 0.15) is 12.7 Å². The van der Waals surface area contributed by atoms with E-state index in [1.165, 1.54) is 0 Å². The van der Waals surface area contributed by atoms with Crippen LogP contribution in [0.15, 0.2) is 0 Å². The zero-order valence-corrected chi connectivity index (χ0v) is 17.3. The third kappa shape index (κ3) is 7.78. The Morgan fingerprint density at radius 1 is 0.897 bits per heavy atom. The predicted octanol–water partition coefficient (Wildman–Crippen LogP) is -0.268. The molecule has 1 heterocycles. The Morgan fingerprint density at radius 2 is 1.41 bits per heavy atom. The largest absolute Gasteiger partial charge is 0.463 e. The number of hydrogen-bond donors (Lipinski definition) is 0. The highest BCUT2D eigenvalue weighted by molar-refractivity contribution is 7.85. The number of rotatable bonds is 8. The van der Waals surface area contributed by atoms with Gasteiger partial charge in [0.05, 0.1) is 16.9 Å². The van der Waals surface area contributed by atoms with Crippen LogP contribution in [0.5, 0.6) is 0 Å². The molecule has 0 radical (unpaired) electrons. The predicted molar refractivity (Wildman–Crippen MR) is 95.2 cm³/mol. The lowest BCUT2D eigenvalue weighted by molar-refractivity contribution is -0.238. The van der Waals surface area contributed by atoms with E-state index < -0.39 is 71.1 Å². The normalized spacial score (nSPS) is 27.1. The van der Waals surface area contributed by atoms with Crippen LogP contribution in [0.2, 0.25) is 0 Å². The summed E-state index contributed by atoms with van der Waals surface area (Å²) in [5.74, 6) is -3.07. The number of nitrogens with zero attached hydrogens (tertiary/aromatic N) is 1. The van der Waals surface area contributed by atoms with Gasteiger partial charge in [0.15, 0.2) is 23.7 Å². The number of carbonyl (C=O) groups excluding carboxylic acids is 4. The van der Waals surface area contributed by atoms with Gasteiger partial charge in [-0.05, 0) is 0 Å². The van der Waals surface area contributed by atoms with Gasteiger partial charge in [0.2, 0.25) is 0 Å². The maximum atomic E-state index is 12.7. The van der Waals surface area contributed by atoms with Crippen LogP contribution in [0.3, 0.4) is 0 Å². The van der Waals surface area contributed by atoms with Crippen LogP contribution in [0.1, 0.15) is 34.1 Å². The fraction of sp³-hybridized carbons (Fsp3) is 0.706. The van der Waals surface area contributed by atoms with Crippen molar-refractivity contribution < 1.29 is 47.1 Å². The van der Waals surface area contributed by atoms with Crippen molar-refractivity contribution >= 4 is 34.7 Å². The van der Waals surface area contributed by atoms with Crippen LogP contribution in [0.4, 0.5) is 0 Å². The van der Waals surface area contributed by atoms with Crippen molar-refractivity contribution in [3.8, 4) is 6.07 Å². The quantitative estimate of drug-likeness (QED) is 0.367. The van der Waals surface area contributed by atoms with Gasteiger partial charge in [0.25, 0.3) is 0 Å². The fourth-order valence-electron chi connectivity index (χ4n) is 2.66. The smallest absolute Gasteiger partial charge is 0.303 e. The molecule has 0 aromatic rings. The number of esters is 4. The summed E-state index contributed by atoms with van der Waals surface area (Å²) in [4.78, 5) is 46.0. The van der Waals surface area contributed by atoms with Gasteiger partial charge in [-0.25, -0.2) is 0 Å². The summed E-state index contributed by atoms with van der Waals surface area (Å²) < 4.78 is 38.9. The van der Waals surface area contributed by atoms with Gasteiger partial charge in [-0.2, -0.15) is 5.26 Å². The van der Waals surface area contributed by atoms with Gasteiger partial charge >= 0.3 is 23.9 Å². The first-order valence-corrected chi connectivity index (χ1v) is 9.99. The second-order valence-corrected chi connectivity index (χ2v) is 7.69. The van der Waals surface area contributed by atoms with E-state index in [1.807, 2.05) is 6.07 Å². The van der Waals surface area contributed by atoms with Crippen LogP contribution in [-0.2, 0) is 53.7 Å². The molecule has 0 aromatic heterocycles. The van der Waals surface area contributed by atoms with E-state index in [0.29, 0.717) is 0 Å². The Morgan fingerprint density at radius 3 is 1.90 bits per heavy atom. The SMILES string of the molecule is CC(=O)OC[C@H]1O[C@@H]([S@@](=O)CCC#N)[C@H](OC(C)=O)[C@@H](OC(C)=O)[C@@H]1OC(C)=O. The first-order valence-electron chi connectivity index (χ1n) is 8.61.